The van der Waals surface area contributed by atoms with E-state index in [0.29, 0.717) is 19.7 Å². The lowest BCUT2D eigenvalue weighted by molar-refractivity contribution is -0.170. The van der Waals surface area contributed by atoms with E-state index in [1.807, 2.05) is 13.8 Å². The smallest absolute Gasteiger partial charge is 0.260 e. The molecular formula is C16H21ClFNO4. The van der Waals surface area contributed by atoms with Crippen LogP contribution in [0.2, 0.25) is 5.02 Å². The Labute approximate surface area is 140 Å². The van der Waals surface area contributed by atoms with E-state index >= 15 is 0 Å². The molecule has 128 valence electrons. The van der Waals surface area contributed by atoms with E-state index in [2.05, 4.69) is 0 Å². The molecule has 0 aliphatic carbocycles. The molecule has 1 atom stereocenters. The second-order valence-corrected chi connectivity index (χ2v) is 6.50. The number of morpholine rings is 1. The Kier molecular flexibility index (Phi) is 5.84. The first-order valence-corrected chi connectivity index (χ1v) is 7.71. The van der Waals surface area contributed by atoms with Crippen LogP contribution in [-0.2, 0) is 14.3 Å². The maximum absolute atomic E-state index is 13.0. The summed E-state index contributed by atoms with van der Waals surface area (Å²) in [5.41, 5.74) is -0.454. The molecule has 0 bridgehead atoms. The van der Waals surface area contributed by atoms with Crippen molar-refractivity contribution in [1.29, 1.82) is 0 Å². The highest BCUT2D eigenvalue weighted by Crippen LogP contribution is 2.25. The largest absolute Gasteiger partial charge is 0.482 e. The highest BCUT2D eigenvalue weighted by molar-refractivity contribution is 6.32. The summed E-state index contributed by atoms with van der Waals surface area (Å²) in [6, 6.07) is 3.79. The molecule has 0 saturated carbocycles. The second-order valence-electron chi connectivity index (χ2n) is 6.09. The Hall–Kier alpha value is -1.37. The van der Waals surface area contributed by atoms with Crippen molar-refractivity contribution < 1.29 is 23.4 Å². The van der Waals surface area contributed by atoms with Gasteiger partial charge in [-0.2, -0.15) is 0 Å². The number of benzene rings is 1. The Morgan fingerprint density at radius 1 is 1.52 bits per heavy atom. The summed E-state index contributed by atoms with van der Waals surface area (Å²) < 4.78 is 29.4. The van der Waals surface area contributed by atoms with Crippen LogP contribution in [0.25, 0.3) is 0 Å². The molecule has 1 fully saturated rings. The molecule has 1 aromatic rings. The highest BCUT2D eigenvalue weighted by Gasteiger charge is 2.35. The fourth-order valence-electron chi connectivity index (χ4n) is 2.58. The minimum Gasteiger partial charge on any atom is -0.482 e. The van der Waals surface area contributed by atoms with Crippen molar-refractivity contribution in [2.45, 2.75) is 25.6 Å². The molecular weight excluding hydrogens is 325 g/mol. The van der Waals surface area contributed by atoms with Crippen LogP contribution in [0.15, 0.2) is 18.2 Å². The Morgan fingerprint density at radius 2 is 2.26 bits per heavy atom. The number of hydrogen-bond acceptors (Lipinski definition) is 4. The van der Waals surface area contributed by atoms with Gasteiger partial charge in [-0.05, 0) is 32.0 Å². The fourth-order valence-corrected chi connectivity index (χ4v) is 2.80. The standard InChI is InChI=1S/C16H21ClFNO4/c1-16(2)10-19(7-12(23-16)8-21-3)15(20)9-22-14-5-4-11(18)6-13(14)17/h4-6,12H,7-10H2,1-3H3. The van der Waals surface area contributed by atoms with Gasteiger partial charge in [-0.3, -0.25) is 4.79 Å². The van der Waals surface area contributed by atoms with Gasteiger partial charge in [0, 0.05) is 20.2 Å². The van der Waals surface area contributed by atoms with E-state index < -0.39 is 11.4 Å². The molecule has 1 aliphatic heterocycles. The number of methoxy groups -OCH3 is 1. The Balaban J connectivity index is 1.96. The number of ether oxygens (including phenoxy) is 3. The van der Waals surface area contributed by atoms with Crippen LogP contribution in [0, 0.1) is 5.82 Å². The monoisotopic (exact) mass is 345 g/mol. The zero-order chi connectivity index (χ0) is 17.0. The van der Waals surface area contributed by atoms with Crippen molar-refractivity contribution in [2.75, 3.05) is 33.4 Å². The number of carbonyl (C=O) groups excluding carboxylic acids is 1. The van der Waals surface area contributed by atoms with Gasteiger partial charge in [-0.25, -0.2) is 4.39 Å². The normalized spacial score (nSPS) is 20.4. The minimum atomic E-state index is -0.454. The molecule has 1 amide bonds. The molecule has 2 rings (SSSR count). The second kappa shape index (κ2) is 7.47. The van der Waals surface area contributed by atoms with Gasteiger partial charge >= 0.3 is 0 Å². The summed E-state index contributed by atoms with van der Waals surface area (Å²) in [6.45, 7) is 5.00. The average Bonchev–Trinajstić information content (AvgIpc) is 2.44. The molecule has 0 N–H and O–H groups in total. The van der Waals surface area contributed by atoms with E-state index in [9.17, 15) is 9.18 Å². The van der Waals surface area contributed by atoms with Crippen molar-refractivity contribution in [3.8, 4) is 5.75 Å². The first-order valence-electron chi connectivity index (χ1n) is 7.33. The lowest BCUT2D eigenvalue weighted by Crippen LogP contribution is -2.56. The fraction of sp³-hybridized carbons (Fsp3) is 0.562. The number of hydrogen-bond donors (Lipinski definition) is 0. The van der Waals surface area contributed by atoms with Crippen LogP contribution in [0.3, 0.4) is 0 Å². The predicted molar refractivity (Wildman–Crippen MR) is 84.3 cm³/mol. The van der Waals surface area contributed by atoms with Gasteiger partial charge in [0.25, 0.3) is 5.91 Å². The van der Waals surface area contributed by atoms with Crippen molar-refractivity contribution in [1.82, 2.24) is 4.90 Å². The van der Waals surface area contributed by atoms with Gasteiger partial charge in [0.05, 0.1) is 23.3 Å². The quantitative estimate of drug-likeness (QED) is 0.822. The van der Waals surface area contributed by atoms with E-state index in [0.717, 1.165) is 6.07 Å². The number of halogens is 2. The third-order valence-electron chi connectivity index (χ3n) is 3.43. The summed E-state index contributed by atoms with van der Waals surface area (Å²) >= 11 is 5.88. The zero-order valence-corrected chi connectivity index (χ0v) is 14.2. The van der Waals surface area contributed by atoms with E-state index in [-0.39, 0.29) is 29.4 Å². The number of amides is 1. The van der Waals surface area contributed by atoms with Gasteiger partial charge in [-0.1, -0.05) is 11.6 Å². The SMILES string of the molecule is COCC1CN(C(=O)COc2ccc(F)cc2Cl)CC(C)(C)O1. The third kappa shape index (κ3) is 5.06. The number of carbonyl (C=O) groups is 1. The van der Waals surface area contributed by atoms with E-state index in [4.69, 9.17) is 25.8 Å². The van der Waals surface area contributed by atoms with Gasteiger partial charge in [0.1, 0.15) is 11.6 Å². The van der Waals surface area contributed by atoms with Crippen molar-refractivity contribution >= 4 is 17.5 Å². The Morgan fingerprint density at radius 3 is 2.91 bits per heavy atom. The van der Waals surface area contributed by atoms with Crippen LogP contribution < -0.4 is 4.74 Å². The lowest BCUT2D eigenvalue weighted by Gasteiger charge is -2.42. The number of nitrogens with zero attached hydrogens (tertiary/aromatic N) is 1. The molecule has 0 aromatic heterocycles. The molecule has 1 heterocycles. The summed E-state index contributed by atoms with van der Waals surface area (Å²) in [7, 11) is 1.59. The lowest BCUT2D eigenvalue weighted by atomic mass is 10.1. The Bertz CT molecular complexity index is 567. The topological polar surface area (TPSA) is 48.0 Å². The van der Waals surface area contributed by atoms with Crippen LogP contribution in [0.1, 0.15) is 13.8 Å². The molecule has 1 saturated heterocycles. The molecule has 1 aromatic carbocycles. The van der Waals surface area contributed by atoms with Gasteiger partial charge < -0.3 is 19.1 Å². The minimum absolute atomic E-state index is 0.136. The zero-order valence-electron chi connectivity index (χ0n) is 13.5. The van der Waals surface area contributed by atoms with E-state index in [1.54, 1.807) is 12.0 Å². The van der Waals surface area contributed by atoms with E-state index in [1.165, 1.54) is 12.1 Å². The first-order chi connectivity index (χ1) is 10.8. The van der Waals surface area contributed by atoms with Gasteiger partial charge in [0.15, 0.2) is 6.61 Å². The number of rotatable bonds is 5. The van der Waals surface area contributed by atoms with Crippen molar-refractivity contribution in [3.05, 3.63) is 29.0 Å². The maximum Gasteiger partial charge on any atom is 0.260 e. The molecule has 1 unspecified atom stereocenters. The average molecular weight is 346 g/mol. The van der Waals surface area contributed by atoms with Crippen LogP contribution >= 0.6 is 11.6 Å². The van der Waals surface area contributed by atoms with Gasteiger partial charge in [-0.15, -0.1) is 0 Å². The summed E-state index contributed by atoms with van der Waals surface area (Å²) in [5, 5.41) is 0.136. The summed E-state index contributed by atoms with van der Waals surface area (Å²) in [5.74, 6) is -0.351. The van der Waals surface area contributed by atoms with Crippen LogP contribution in [0.5, 0.6) is 5.75 Å². The van der Waals surface area contributed by atoms with Crippen molar-refractivity contribution in [3.63, 3.8) is 0 Å². The first kappa shape index (κ1) is 18.0. The molecule has 0 spiro atoms. The highest BCUT2D eigenvalue weighted by atomic mass is 35.5. The molecule has 5 nitrogen and oxygen atoms in total. The maximum atomic E-state index is 13.0. The van der Waals surface area contributed by atoms with Crippen molar-refractivity contribution in [2.24, 2.45) is 0 Å². The molecule has 7 heteroatoms. The van der Waals surface area contributed by atoms with Crippen LogP contribution in [-0.4, -0.2) is 55.9 Å². The summed E-state index contributed by atoms with van der Waals surface area (Å²) in [6.07, 6.45) is -0.179. The van der Waals surface area contributed by atoms with Crippen LogP contribution in [0.4, 0.5) is 4.39 Å². The van der Waals surface area contributed by atoms with Gasteiger partial charge in [0.2, 0.25) is 0 Å². The summed E-state index contributed by atoms with van der Waals surface area (Å²) in [4.78, 5) is 14.1. The molecule has 0 radical (unpaired) electrons. The predicted octanol–water partition coefficient (Wildman–Crippen LogP) is 2.51. The molecule has 1 aliphatic rings. The third-order valence-corrected chi connectivity index (χ3v) is 3.73. The molecule has 23 heavy (non-hydrogen) atoms.